The molecule has 0 aliphatic rings. The van der Waals surface area contributed by atoms with Crippen molar-refractivity contribution in [1.29, 1.82) is 0 Å². The summed E-state index contributed by atoms with van der Waals surface area (Å²) < 4.78 is 42.9. The largest absolute Gasteiger partial charge is 0.468 e. The van der Waals surface area contributed by atoms with Crippen LogP contribution in [0.5, 0.6) is 5.88 Å². The van der Waals surface area contributed by atoms with Crippen molar-refractivity contribution in [2.24, 2.45) is 4.99 Å². The highest BCUT2D eigenvalue weighted by Gasteiger charge is 2.28. The van der Waals surface area contributed by atoms with Crippen molar-refractivity contribution in [1.82, 2.24) is 30.4 Å². The zero-order chi connectivity index (χ0) is 19.7. The van der Waals surface area contributed by atoms with E-state index in [0.717, 1.165) is 17.8 Å². The third-order valence-electron chi connectivity index (χ3n) is 3.52. The molecule has 2 aromatic heterocycles. The molecule has 0 amide bonds. The summed E-state index contributed by atoms with van der Waals surface area (Å²) in [6, 6.07) is 3.04. The Kier molecular flexibility index (Phi) is 7.38. The minimum atomic E-state index is -4.38. The van der Waals surface area contributed by atoms with Crippen LogP contribution < -0.4 is 15.4 Å². The van der Waals surface area contributed by atoms with Gasteiger partial charge in [0.1, 0.15) is 12.2 Å². The molecule has 0 atom stereocenters. The molecule has 0 spiro atoms. The number of rotatable bonds is 8. The molecule has 2 aromatic rings. The van der Waals surface area contributed by atoms with E-state index in [2.05, 4.69) is 35.5 Å². The van der Waals surface area contributed by atoms with Gasteiger partial charge in [-0.25, -0.2) is 4.98 Å². The monoisotopic (exact) mass is 385 g/mol. The fourth-order valence-electron chi connectivity index (χ4n) is 2.20. The smallest absolute Gasteiger partial charge is 0.422 e. The van der Waals surface area contributed by atoms with Crippen LogP contribution in [0, 0.1) is 0 Å². The lowest BCUT2D eigenvalue weighted by Crippen LogP contribution is -2.38. The van der Waals surface area contributed by atoms with Crippen molar-refractivity contribution < 1.29 is 17.9 Å². The minimum Gasteiger partial charge on any atom is -0.468 e. The van der Waals surface area contributed by atoms with Gasteiger partial charge in [0.15, 0.2) is 12.6 Å². The number of alkyl halides is 3. The molecule has 0 bridgehead atoms. The van der Waals surface area contributed by atoms with E-state index in [1.807, 2.05) is 11.5 Å². The second-order valence-electron chi connectivity index (χ2n) is 5.56. The molecule has 0 radical (unpaired) electrons. The molecular weight excluding hydrogens is 363 g/mol. The number of ether oxygens (including phenoxy) is 1. The van der Waals surface area contributed by atoms with E-state index in [1.165, 1.54) is 12.3 Å². The Bertz CT molecular complexity index is 728. The lowest BCUT2D eigenvalue weighted by molar-refractivity contribution is -0.154. The first-order chi connectivity index (χ1) is 12.9. The van der Waals surface area contributed by atoms with Crippen molar-refractivity contribution in [3.8, 4) is 5.88 Å². The van der Waals surface area contributed by atoms with Crippen LogP contribution in [-0.2, 0) is 19.5 Å². The van der Waals surface area contributed by atoms with E-state index in [4.69, 9.17) is 0 Å². The molecule has 0 saturated carbocycles. The van der Waals surface area contributed by atoms with Gasteiger partial charge in [0.2, 0.25) is 5.88 Å². The average molecular weight is 385 g/mol. The maximum Gasteiger partial charge on any atom is 0.422 e. The van der Waals surface area contributed by atoms with Gasteiger partial charge in [-0.15, -0.1) is 10.2 Å². The molecule has 0 aliphatic carbocycles. The first-order valence-corrected chi connectivity index (χ1v) is 8.37. The molecule has 2 heterocycles. The fourth-order valence-corrected chi connectivity index (χ4v) is 2.20. The van der Waals surface area contributed by atoms with Gasteiger partial charge < -0.3 is 19.9 Å². The number of nitrogens with one attached hydrogen (secondary N) is 2. The van der Waals surface area contributed by atoms with Crippen LogP contribution in [-0.4, -0.2) is 52.1 Å². The van der Waals surface area contributed by atoms with Crippen LogP contribution >= 0.6 is 0 Å². The molecule has 0 saturated heterocycles. The Morgan fingerprint density at radius 2 is 2.11 bits per heavy atom. The second kappa shape index (κ2) is 9.74. The Labute approximate surface area is 154 Å². The van der Waals surface area contributed by atoms with E-state index in [9.17, 15) is 13.2 Å². The molecule has 2 rings (SSSR count). The average Bonchev–Trinajstić information content (AvgIpc) is 3.10. The number of hydrogen-bond donors (Lipinski definition) is 2. The number of hydrogen-bond acceptors (Lipinski definition) is 5. The summed E-state index contributed by atoms with van der Waals surface area (Å²) in [6.07, 6.45) is -0.436. The summed E-state index contributed by atoms with van der Waals surface area (Å²) in [5.74, 6) is 1.44. The summed E-state index contributed by atoms with van der Waals surface area (Å²) in [5.41, 5.74) is 0.782. The second-order valence-corrected chi connectivity index (χ2v) is 5.56. The van der Waals surface area contributed by atoms with Crippen LogP contribution in [0.15, 0.2) is 29.6 Å². The van der Waals surface area contributed by atoms with Crippen molar-refractivity contribution in [2.45, 2.75) is 32.6 Å². The fraction of sp³-hybridized carbons (Fsp3) is 0.500. The summed E-state index contributed by atoms with van der Waals surface area (Å²) in [5, 5.41) is 14.2. The van der Waals surface area contributed by atoms with Crippen LogP contribution in [0.4, 0.5) is 13.2 Å². The highest BCUT2D eigenvalue weighted by molar-refractivity contribution is 5.79. The van der Waals surface area contributed by atoms with Crippen molar-refractivity contribution in [3.05, 3.63) is 36.0 Å². The van der Waals surface area contributed by atoms with E-state index in [0.29, 0.717) is 25.6 Å². The topological polar surface area (TPSA) is 89.2 Å². The maximum absolute atomic E-state index is 12.1. The summed E-state index contributed by atoms with van der Waals surface area (Å²) >= 11 is 0. The molecule has 0 aromatic carbocycles. The molecule has 0 unspecified atom stereocenters. The van der Waals surface area contributed by atoms with Crippen molar-refractivity contribution in [2.75, 3.05) is 20.2 Å². The minimum absolute atomic E-state index is 0.0701. The van der Waals surface area contributed by atoms with Crippen LogP contribution in [0.1, 0.15) is 18.3 Å². The Morgan fingerprint density at radius 1 is 1.30 bits per heavy atom. The number of guanidine groups is 1. The molecule has 2 N–H and O–H groups in total. The zero-order valence-corrected chi connectivity index (χ0v) is 15.1. The SMILES string of the molecule is CCc1nncn1CCNC(=NC)NCc1ccc(OCC(F)(F)F)nc1. The molecule has 0 aliphatic heterocycles. The van der Waals surface area contributed by atoms with Gasteiger partial charge in [0.25, 0.3) is 0 Å². The van der Waals surface area contributed by atoms with Crippen LogP contribution in [0.2, 0.25) is 0 Å². The molecule has 0 fully saturated rings. The standard InChI is InChI=1S/C16H22F3N7O/c1-3-13-25-24-11-26(13)7-6-21-15(20-2)23-9-12-4-5-14(22-8-12)27-10-16(17,18)19/h4-5,8,11H,3,6-7,9-10H2,1-2H3,(H2,20,21,23). The number of pyridine rings is 1. The predicted octanol–water partition coefficient (Wildman–Crippen LogP) is 1.54. The Balaban J connectivity index is 1.75. The van der Waals surface area contributed by atoms with Gasteiger partial charge in [0, 0.05) is 45.4 Å². The zero-order valence-electron chi connectivity index (χ0n) is 15.1. The normalized spacial score (nSPS) is 12.1. The summed E-state index contributed by atoms with van der Waals surface area (Å²) in [6.45, 7) is 2.40. The predicted molar refractivity (Wildman–Crippen MR) is 93.4 cm³/mol. The third kappa shape index (κ3) is 7.12. The number of halogens is 3. The maximum atomic E-state index is 12.1. The van der Waals surface area contributed by atoms with Gasteiger partial charge >= 0.3 is 6.18 Å². The van der Waals surface area contributed by atoms with Crippen molar-refractivity contribution >= 4 is 5.96 Å². The Morgan fingerprint density at radius 3 is 2.74 bits per heavy atom. The summed E-state index contributed by atoms with van der Waals surface area (Å²) in [4.78, 5) is 7.98. The number of aliphatic imine (C=N–C) groups is 1. The van der Waals surface area contributed by atoms with Crippen LogP contribution in [0.3, 0.4) is 0 Å². The number of aromatic nitrogens is 4. The van der Waals surface area contributed by atoms with E-state index in [1.54, 1.807) is 19.4 Å². The van der Waals surface area contributed by atoms with E-state index < -0.39 is 12.8 Å². The number of aryl methyl sites for hydroxylation is 1. The molecular formula is C16H22F3N7O. The van der Waals surface area contributed by atoms with E-state index >= 15 is 0 Å². The van der Waals surface area contributed by atoms with Gasteiger partial charge in [-0.2, -0.15) is 13.2 Å². The first kappa shape index (κ1) is 20.5. The van der Waals surface area contributed by atoms with Gasteiger partial charge in [-0.1, -0.05) is 13.0 Å². The highest BCUT2D eigenvalue weighted by Crippen LogP contribution is 2.16. The summed E-state index contributed by atoms with van der Waals surface area (Å²) in [7, 11) is 1.65. The van der Waals surface area contributed by atoms with Gasteiger partial charge in [0.05, 0.1) is 0 Å². The number of nitrogens with zero attached hydrogens (tertiary/aromatic N) is 5. The quantitative estimate of drug-likeness (QED) is 0.529. The lowest BCUT2D eigenvalue weighted by atomic mass is 10.3. The highest BCUT2D eigenvalue weighted by atomic mass is 19.4. The van der Waals surface area contributed by atoms with Gasteiger partial charge in [-0.05, 0) is 5.56 Å². The lowest BCUT2D eigenvalue weighted by Gasteiger charge is -2.13. The van der Waals surface area contributed by atoms with E-state index in [-0.39, 0.29) is 5.88 Å². The molecule has 148 valence electrons. The molecule has 8 nitrogen and oxygen atoms in total. The van der Waals surface area contributed by atoms with Gasteiger partial charge in [-0.3, -0.25) is 4.99 Å². The molecule has 27 heavy (non-hydrogen) atoms. The van der Waals surface area contributed by atoms with Crippen LogP contribution in [0.25, 0.3) is 0 Å². The Hall–Kier alpha value is -2.85. The van der Waals surface area contributed by atoms with Crippen molar-refractivity contribution in [3.63, 3.8) is 0 Å². The third-order valence-corrected chi connectivity index (χ3v) is 3.52. The first-order valence-electron chi connectivity index (χ1n) is 8.37. The molecule has 11 heteroatoms.